The highest BCUT2D eigenvalue weighted by atomic mass is 35.5. The molecule has 1 N–H and O–H groups in total. The molecule has 0 spiro atoms. The summed E-state index contributed by atoms with van der Waals surface area (Å²) in [5.41, 5.74) is 1.20. The Labute approximate surface area is 117 Å². The topological polar surface area (TPSA) is 24.9 Å². The number of hydrogen-bond acceptors (Lipinski definition) is 3. The molecule has 0 aliphatic carbocycles. The van der Waals surface area contributed by atoms with Gasteiger partial charge < -0.3 is 5.32 Å². The van der Waals surface area contributed by atoms with Gasteiger partial charge in [-0.15, -0.1) is 11.3 Å². The predicted molar refractivity (Wildman–Crippen MR) is 78.2 cm³/mol. The van der Waals surface area contributed by atoms with Gasteiger partial charge in [0.05, 0.1) is 0 Å². The smallest absolute Gasteiger partial charge is 0.107 e. The van der Waals surface area contributed by atoms with Gasteiger partial charge in [0.25, 0.3) is 0 Å². The van der Waals surface area contributed by atoms with Gasteiger partial charge in [-0.05, 0) is 31.0 Å². The minimum absolute atomic E-state index is 0.276. The molecule has 2 nitrogen and oxygen atoms in total. The van der Waals surface area contributed by atoms with Crippen molar-refractivity contribution in [3.8, 4) is 0 Å². The normalized spacial score (nSPS) is 12.6. The molecular formula is C14H17ClN2S. The van der Waals surface area contributed by atoms with E-state index >= 15 is 0 Å². The largest absolute Gasteiger partial charge is 0.304 e. The van der Waals surface area contributed by atoms with E-state index in [0.717, 1.165) is 23.0 Å². The molecule has 0 fully saturated rings. The van der Waals surface area contributed by atoms with Gasteiger partial charge in [0, 0.05) is 28.7 Å². The molecular weight excluding hydrogens is 264 g/mol. The molecule has 0 aliphatic rings. The molecule has 2 aromatic rings. The van der Waals surface area contributed by atoms with E-state index < -0.39 is 0 Å². The second-order valence-electron chi connectivity index (χ2n) is 4.23. The number of nitrogens with one attached hydrogen (secondary N) is 1. The number of halogens is 1. The summed E-state index contributed by atoms with van der Waals surface area (Å²) >= 11 is 7.76. The standard InChI is InChI=1S/C14H17ClN2S/c1-3-13-8-17-14(18-13)9-16-10(2)11-5-4-6-12(15)7-11/h4-8,10,16H,3,9H2,1-2H3. The van der Waals surface area contributed by atoms with E-state index in [1.165, 1.54) is 10.4 Å². The third kappa shape index (κ3) is 3.55. The summed E-state index contributed by atoms with van der Waals surface area (Å²) in [7, 11) is 0. The van der Waals surface area contributed by atoms with Gasteiger partial charge in [0.2, 0.25) is 0 Å². The maximum Gasteiger partial charge on any atom is 0.107 e. The molecule has 1 aromatic heterocycles. The SMILES string of the molecule is CCc1cnc(CNC(C)c2cccc(Cl)c2)s1. The van der Waals surface area contributed by atoms with Crippen LogP contribution in [0.1, 0.15) is 35.3 Å². The number of rotatable bonds is 5. The first-order valence-corrected chi connectivity index (χ1v) is 7.31. The molecule has 0 bridgehead atoms. The molecule has 4 heteroatoms. The molecule has 0 radical (unpaired) electrons. The van der Waals surface area contributed by atoms with Crippen LogP contribution in [0.3, 0.4) is 0 Å². The van der Waals surface area contributed by atoms with Crippen LogP contribution in [0.4, 0.5) is 0 Å². The summed E-state index contributed by atoms with van der Waals surface area (Å²) in [6, 6.07) is 8.24. The van der Waals surface area contributed by atoms with Gasteiger partial charge in [0.1, 0.15) is 5.01 Å². The van der Waals surface area contributed by atoms with E-state index in [0.29, 0.717) is 0 Å². The van der Waals surface area contributed by atoms with Crippen molar-refractivity contribution in [2.24, 2.45) is 0 Å². The lowest BCUT2D eigenvalue weighted by Crippen LogP contribution is -2.17. The zero-order valence-electron chi connectivity index (χ0n) is 10.6. The quantitative estimate of drug-likeness (QED) is 0.887. The average Bonchev–Trinajstić information content (AvgIpc) is 2.84. The van der Waals surface area contributed by atoms with Crippen LogP contribution in [0.2, 0.25) is 5.02 Å². The Morgan fingerprint density at radius 2 is 2.28 bits per heavy atom. The van der Waals surface area contributed by atoms with Crippen LogP contribution in [-0.4, -0.2) is 4.98 Å². The molecule has 0 amide bonds. The van der Waals surface area contributed by atoms with Gasteiger partial charge in [-0.3, -0.25) is 0 Å². The predicted octanol–water partition coefficient (Wildman–Crippen LogP) is 4.21. The van der Waals surface area contributed by atoms with Crippen LogP contribution >= 0.6 is 22.9 Å². The molecule has 0 saturated heterocycles. The number of hydrogen-bond donors (Lipinski definition) is 1. The summed E-state index contributed by atoms with van der Waals surface area (Å²) in [5.74, 6) is 0. The van der Waals surface area contributed by atoms with E-state index in [-0.39, 0.29) is 6.04 Å². The number of benzene rings is 1. The Morgan fingerprint density at radius 1 is 1.44 bits per heavy atom. The van der Waals surface area contributed by atoms with Crippen molar-refractivity contribution in [3.05, 3.63) is 50.9 Å². The maximum absolute atomic E-state index is 5.99. The van der Waals surface area contributed by atoms with Gasteiger partial charge in [0.15, 0.2) is 0 Å². The van der Waals surface area contributed by atoms with Crippen molar-refractivity contribution in [2.75, 3.05) is 0 Å². The molecule has 1 aromatic carbocycles. The van der Waals surface area contributed by atoms with Crippen molar-refractivity contribution in [3.63, 3.8) is 0 Å². The Bertz CT molecular complexity index is 510. The van der Waals surface area contributed by atoms with Crippen molar-refractivity contribution in [2.45, 2.75) is 32.9 Å². The van der Waals surface area contributed by atoms with E-state index in [9.17, 15) is 0 Å². The zero-order valence-corrected chi connectivity index (χ0v) is 12.2. The number of aromatic nitrogens is 1. The Morgan fingerprint density at radius 3 is 2.94 bits per heavy atom. The lowest BCUT2D eigenvalue weighted by molar-refractivity contribution is 0.573. The summed E-state index contributed by atoms with van der Waals surface area (Å²) in [6.45, 7) is 5.09. The first-order valence-electron chi connectivity index (χ1n) is 6.11. The lowest BCUT2D eigenvalue weighted by atomic mass is 10.1. The Kier molecular flexibility index (Phi) is 4.75. The maximum atomic E-state index is 5.99. The fourth-order valence-electron chi connectivity index (χ4n) is 1.73. The van der Waals surface area contributed by atoms with Gasteiger partial charge in [-0.2, -0.15) is 0 Å². The van der Waals surface area contributed by atoms with Crippen LogP contribution in [0.5, 0.6) is 0 Å². The van der Waals surface area contributed by atoms with Gasteiger partial charge in [-0.1, -0.05) is 30.7 Å². The van der Waals surface area contributed by atoms with E-state index in [4.69, 9.17) is 11.6 Å². The average molecular weight is 281 g/mol. The van der Waals surface area contributed by atoms with Crippen LogP contribution in [0.15, 0.2) is 30.5 Å². The van der Waals surface area contributed by atoms with Crippen molar-refractivity contribution < 1.29 is 0 Å². The fourth-order valence-corrected chi connectivity index (χ4v) is 2.74. The molecule has 2 rings (SSSR count). The third-order valence-corrected chi connectivity index (χ3v) is 4.23. The second kappa shape index (κ2) is 6.32. The summed E-state index contributed by atoms with van der Waals surface area (Å²) in [6.07, 6.45) is 3.02. The van der Waals surface area contributed by atoms with Crippen molar-refractivity contribution in [1.82, 2.24) is 10.3 Å². The minimum atomic E-state index is 0.276. The molecule has 96 valence electrons. The Hall–Kier alpha value is -0.900. The molecule has 1 heterocycles. The van der Waals surface area contributed by atoms with Crippen molar-refractivity contribution in [1.29, 1.82) is 0 Å². The third-order valence-electron chi connectivity index (χ3n) is 2.86. The summed E-state index contributed by atoms with van der Waals surface area (Å²) in [4.78, 5) is 5.74. The monoisotopic (exact) mass is 280 g/mol. The van der Waals surface area contributed by atoms with E-state index in [1.807, 2.05) is 24.4 Å². The summed E-state index contributed by atoms with van der Waals surface area (Å²) in [5, 5.41) is 5.39. The van der Waals surface area contributed by atoms with Crippen LogP contribution in [-0.2, 0) is 13.0 Å². The number of nitrogens with zero attached hydrogens (tertiary/aromatic N) is 1. The molecule has 18 heavy (non-hydrogen) atoms. The van der Waals surface area contributed by atoms with Crippen LogP contribution in [0, 0.1) is 0 Å². The van der Waals surface area contributed by atoms with Gasteiger partial charge >= 0.3 is 0 Å². The van der Waals surface area contributed by atoms with E-state index in [1.54, 1.807) is 11.3 Å². The second-order valence-corrected chi connectivity index (χ2v) is 5.87. The first-order chi connectivity index (χ1) is 8.69. The van der Waals surface area contributed by atoms with Gasteiger partial charge in [-0.25, -0.2) is 4.98 Å². The highest BCUT2D eigenvalue weighted by Gasteiger charge is 2.07. The highest BCUT2D eigenvalue weighted by Crippen LogP contribution is 2.19. The minimum Gasteiger partial charge on any atom is -0.304 e. The lowest BCUT2D eigenvalue weighted by Gasteiger charge is -2.13. The highest BCUT2D eigenvalue weighted by molar-refractivity contribution is 7.11. The molecule has 0 saturated carbocycles. The zero-order chi connectivity index (χ0) is 13.0. The molecule has 1 unspecified atom stereocenters. The van der Waals surface area contributed by atoms with Crippen LogP contribution < -0.4 is 5.32 Å². The number of thiazole rings is 1. The number of aryl methyl sites for hydroxylation is 1. The van der Waals surface area contributed by atoms with Crippen molar-refractivity contribution >= 4 is 22.9 Å². The first kappa shape index (κ1) is 13.5. The molecule has 1 atom stereocenters. The Balaban J connectivity index is 1.93. The molecule has 0 aliphatic heterocycles. The summed E-state index contributed by atoms with van der Waals surface area (Å²) < 4.78 is 0. The van der Waals surface area contributed by atoms with Crippen LogP contribution in [0.25, 0.3) is 0 Å². The fraction of sp³-hybridized carbons (Fsp3) is 0.357. The van der Waals surface area contributed by atoms with E-state index in [2.05, 4.69) is 30.2 Å².